The van der Waals surface area contributed by atoms with Gasteiger partial charge in [-0.2, -0.15) is 0 Å². The van der Waals surface area contributed by atoms with Crippen LogP contribution in [-0.4, -0.2) is 35.9 Å². The van der Waals surface area contributed by atoms with Gasteiger partial charge in [0.15, 0.2) is 5.75 Å². The molecule has 4 radical (unpaired) electrons. The summed E-state index contributed by atoms with van der Waals surface area (Å²) in [6, 6.07) is 3.22. The van der Waals surface area contributed by atoms with Crippen molar-refractivity contribution in [3.8, 4) is 5.75 Å². The molecule has 2 rings (SSSR count). The van der Waals surface area contributed by atoms with E-state index in [0.717, 1.165) is 5.56 Å². The zero-order valence-corrected chi connectivity index (χ0v) is 16.7. The second kappa shape index (κ2) is 10.0. The molecule has 11 heteroatoms. The van der Waals surface area contributed by atoms with Crippen LogP contribution in [0, 0.1) is 0 Å². The molecule has 1 amide bonds. The number of amides is 1. The van der Waals surface area contributed by atoms with E-state index in [1.54, 1.807) is 12.1 Å². The number of aromatic hydroxyl groups is 1. The van der Waals surface area contributed by atoms with Crippen molar-refractivity contribution in [2.75, 3.05) is 11.9 Å². The first-order chi connectivity index (χ1) is 10.4. The number of phenolic OH excluding ortho intramolecular Hbond substituents is 1. The zero-order chi connectivity index (χ0) is 16.3. The maximum atomic E-state index is 11.0. The van der Waals surface area contributed by atoms with Crippen molar-refractivity contribution in [1.82, 2.24) is 9.97 Å². The fourth-order valence-electron chi connectivity index (χ4n) is 1.73. The van der Waals surface area contributed by atoms with Crippen LogP contribution in [0.1, 0.15) is 15.9 Å². The van der Waals surface area contributed by atoms with E-state index in [-0.39, 0.29) is 74.2 Å². The number of halogens is 2. The van der Waals surface area contributed by atoms with Crippen LogP contribution in [0.2, 0.25) is 10.0 Å². The summed E-state index contributed by atoms with van der Waals surface area (Å²) in [6.45, 7) is 0.451. The van der Waals surface area contributed by atoms with E-state index in [1.165, 1.54) is 6.20 Å². The SMILES string of the molecule is [B].[NH-]c1nc(NCCc2cc(Cl)c(O)c(Cl)c2)ncc1C(N)=O.[Y]. The van der Waals surface area contributed by atoms with Crippen molar-refractivity contribution in [3.05, 3.63) is 45.2 Å². The normalized spacial score (nSPS) is 9.58. The maximum Gasteiger partial charge on any atom is 0.250 e. The Morgan fingerprint density at radius 3 is 2.42 bits per heavy atom. The Balaban J connectivity index is 0.00000264. The van der Waals surface area contributed by atoms with Crippen LogP contribution in [0.25, 0.3) is 5.73 Å². The molecule has 0 aliphatic rings. The maximum absolute atomic E-state index is 11.0. The van der Waals surface area contributed by atoms with Gasteiger partial charge in [0.2, 0.25) is 5.91 Å². The molecule has 0 bridgehead atoms. The van der Waals surface area contributed by atoms with Crippen LogP contribution < -0.4 is 11.1 Å². The number of nitrogens with two attached hydrogens (primary N) is 1. The van der Waals surface area contributed by atoms with E-state index >= 15 is 0 Å². The fraction of sp³-hybridized carbons (Fsp3) is 0.154. The fourth-order valence-corrected chi connectivity index (χ4v) is 2.26. The van der Waals surface area contributed by atoms with Gasteiger partial charge in [0.05, 0.1) is 15.6 Å². The Morgan fingerprint density at radius 2 is 1.92 bits per heavy atom. The summed E-state index contributed by atoms with van der Waals surface area (Å²) < 4.78 is 0. The van der Waals surface area contributed by atoms with E-state index in [4.69, 9.17) is 34.7 Å². The third-order valence-corrected chi connectivity index (χ3v) is 3.40. The van der Waals surface area contributed by atoms with Gasteiger partial charge in [0.1, 0.15) is 5.95 Å². The number of anilines is 1. The quantitative estimate of drug-likeness (QED) is 0.616. The molecule has 0 unspecified atom stereocenters. The molecule has 0 aliphatic carbocycles. The van der Waals surface area contributed by atoms with Crippen LogP contribution in [-0.2, 0) is 39.1 Å². The number of hydrogen-bond donors (Lipinski definition) is 3. The predicted octanol–water partition coefficient (Wildman–Crippen LogP) is 2.54. The van der Waals surface area contributed by atoms with Crippen molar-refractivity contribution in [2.24, 2.45) is 5.73 Å². The molecule has 0 spiro atoms. The van der Waals surface area contributed by atoms with Gasteiger partial charge in [-0.05, 0) is 29.9 Å². The summed E-state index contributed by atoms with van der Waals surface area (Å²) in [6.07, 6.45) is 1.75. The third kappa shape index (κ3) is 5.77. The van der Waals surface area contributed by atoms with Gasteiger partial charge >= 0.3 is 0 Å². The van der Waals surface area contributed by atoms with Crippen molar-refractivity contribution in [3.63, 3.8) is 0 Å². The Bertz CT molecular complexity index is 712. The molecule has 122 valence electrons. The molecule has 1 heterocycles. The summed E-state index contributed by atoms with van der Waals surface area (Å²) in [5.74, 6) is -0.916. The average Bonchev–Trinajstić information content (AvgIpc) is 2.44. The number of aromatic nitrogens is 2. The molecule has 7 nitrogen and oxygen atoms in total. The summed E-state index contributed by atoms with van der Waals surface area (Å²) in [4.78, 5) is 18.7. The van der Waals surface area contributed by atoms with Gasteiger partial charge < -0.3 is 26.9 Å². The Morgan fingerprint density at radius 1 is 1.33 bits per heavy atom. The van der Waals surface area contributed by atoms with E-state index in [0.29, 0.717) is 13.0 Å². The third-order valence-electron chi connectivity index (χ3n) is 2.83. The molecule has 0 fully saturated rings. The minimum Gasteiger partial charge on any atom is -0.505 e. The van der Waals surface area contributed by atoms with Crippen molar-refractivity contribution in [1.29, 1.82) is 0 Å². The summed E-state index contributed by atoms with van der Waals surface area (Å²) >= 11 is 11.7. The number of primary amides is 1. The first-order valence-electron chi connectivity index (χ1n) is 6.17. The number of nitrogens with zero attached hydrogens (tertiary/aromatic N) is 2. The average molecular weight is 441 g/mol. The van der Waals surface area contributed by atoms with Gasteiger partial charge in [-0.3, -0.25) is 4.79 Å². The number of carbonyl (C=O) groups excluding carboxylic acids is 1. The molecule has 0 aliphatic heterocycles. The van der Waals surface area contributed by atoms with Crippen LogP contribution in [0.3, 0.4) is 0 Å². The van der Waals surface area contributed by atoms with Gasteiger partial charge in [-0.15, -0.1) is 0 Å². The molecule has 0 saturated heterocycles. The van der Waals surface area contributed by atoms with Gasteiger partial charge in [-0.1, -0.05) is 23.2 Å². The molecule has 24 heavy (non-hydrogen) atoms. The molecule has 2 aromatic rings. The Hall–Kier alpha value is -1.08. The van der Waals surface area contributed by atoms with Crippen LogP contribution >= 0.6 is 23.2 Å². The second-order valence-corrected chi connectivity index (χ2v) is 5.22. The van der Waals surface area contributed by atoms with Gasteiger partial charge in [0.25, 0.3) is 0 Å². The zero-order valence-electron chi connectivity index (χ0n) is 12.4. The van der Waals surface area contributed by atoms with Crippen molar-refractivity contribution < 1.29 is 42.6 Å². The number of benzene rings is 1. The molecular formula is C13H12BCl2N5O2Y-. The van der Waals surface area contributed by atoms with E-state index in [2.05, 4.69) is 15.3 Å². The first-order valence-corrected chi connectivity index (χ1v) is 6.93. The van der Waals surface area contributed by atoms with E-state index < -0.39 is 5.91 Å². The summed E-state index contributed by atoms with van der Waals surface area (Å²) in [5.41, 5.74) is 13.4. The van der Waals surface area contributed by atoms with Gasteiger partial charge in [0, 0.05) is 53.9 Å². The molecule has 1 aromatic carbocycles. The minimum atomic E-state index is -0.745. The van der Waals surface area contributed by atoms with Crippen LogP contribution in [0.4, 0.5) is 11.8 Å². The van der Waals surface area contributed by atoms with Gasteiger partial charge in [-0.25, -0.2) is 4.98 Å². The van der Waals surface area contributed by atoms with Crippen LogP contribution in [0.5, 0.6) is 5.75 Å². The number of rotatable bonds is 5. The topological polar surface area (TPSA) is 125 Å². The monoisotopic (exact) mass is 440 g/mol. The molecule has 5 N–H and O–H groups in total. The van der Waals surface area contributed by atoms with E-state index in [9.17, 15) is 9.90 Å². The number of hydrogen-bond acceptors (Lipinski definition) is 5. The molecule has 0 atom stereocenters. The number of carbonyl (C=O) groups is 1. The molecular weight excluding hydrogens is 429 g/mol. The largest absolute Gasteiger partial charge is 0.505 e. The Labute approximate surface area is 176 Å². The van der Waals surface area contributed by atoms with Crippen molar-refractivity contribution >= 4 is 49.3 Å². The standard InChI is InChI=1S/C13H13Cl2N5O2.B.Y/c14-8-3-6(4-9(15)10(8)21)1-2-18-13-19-5-7(12(17)22)11(16)20-13;;/h3-5H,1-2H2,(H6,16,17,18,19,20,21,22);;/p-1. The van der Waals surface area contributed by atoms with Crippen LogP contribution in [0.15, 0.2) is 18.3 Å². The van der Waals surface area contributed by atoms with Crippen molar-refractivity contribution in [2.45, 2.75) is 6.42 Å². The molecule has 1 aromatic heterocycles. The summed E-state index contributed by atoms with van der Waals surface area (Å²) in [5, 5.41) is 12.7. The smallest absolute Gasteiger partial charge is 0.250 e. The predicted molar refractivity (Wildman–Crippen MR) is 90.6 cm³/mol. The number of phenols is 1. The second-order valence-electron chi connectivity index (χ2n) is 4.40. The summed E-state index contributed by atoms with van der Waals surface area (Å²) in [7, 11) is 0. The minimum absolute atomic E-state index is 0. The first kappa shape index (κ1) is 22.9. The number of nitrogens with one attached hydrogen (secondary N) is 2. The Kier molecular flexibility index (Phi) is 9.58. The van der Waals surface area contributed by atoms with E-state index in [1.807, 2.05) is 0 Å². The molecule has 0 saturated carbocycles.